The summed E-state index contributed by atoms with van der Waals surface area (Å²) in [7, 11) is 4.50. The maximum absolute atomic E-state index is 3.61. The molecule has 0 aliphatic heterocycles. The first-order valence-electron chi connectivity index (χ1n) is 7.92. The quantitative estimate of drug-likeness (QED) is 0.826. The average molecular weight is 252 g/mol. The number of rotatable bonds is 4. The zero-order chi connectivity index (χ0) is 13.2. The van der Waals surface area contributed by atoms with Gasteiger partial charge >= 0.3 is 0 Å². The molecule has 0 aromatic heterocycles. The molecule has 0 saturated heterocycles. The predicted octanol–water partition coefficient (Wildman–Crippen LogP) is 3.28. The summed E-state index contributed by atoms with van der Waals surface area (Å²) in [5, 5.41) is 3.61. The second kappa shape index (κ2) is 5.92. The monoisotopic (exact) mass is 252 g/mol. The second-order valence-electron chi connectivity index (χ2n) is 7.29. The molecule has 2 aliphatic carbocycles. The number of hydrogen-bond donors (Lipinski definition) is 1. The summed E-state index contributed by atoms with van der Waals surface area (Å²) in [6.07, 6.45) is 9.94. The van der Waals surface area contributed by atoms with Crippen molar-refractivity contribution in [3.63, 3.8) is 0 Å². The molecule has 0 radical (unpaired) electrons. The summed E-state index contributed by atoms with van der Waals surface area (Å²) in [5.74, 6) is 0.837. The van der Waals surface area contributed by atoms with Gasteiger partial charge in [-0.2, -0.15) is 0 Å². The van der Waals surface area contributed by atoms with Crippen molar-refractivity contribution in [1.29, 1.82) is 0 Å². The third kappa shape index (κ3) is 3.08. The molecule has 2 nitrogen and oxygen atoms in total. The highest BCUT2D eigenvalue weighted by Crippen LogP contribution is 2.39. The lowest BCUT2D eigenvalue weighted by atomic mass is 9.68. The van der Waals surface area contributed by atoms with E-state index < -0.39 is 0 Å². The van der Waals surface area contributed by atoms with E-state index in [9.17, 15) is 0 Å². The van der Waals surface area contributed by atoms with Crippen LogP contribution in [0.5, 0.6) is 0 Å². The van der Waals surface area contributed by atoms with Gasteiger partial charge in [0.15, 0.2) is 0 Å². The first kappa shape index (κ1) is 14.3. The van der Waals surface area contributed by atoms with Crippen LogP contribution in [0.3, 0.4) is 0 Å². The van der Waals surface area contributed by atoms with Crippen LogP contribution >= 0.6 is 0 Å². The molecule has 0 amide bonds. The van der Waals surface area contributed by atoms with Crippen LogP contribution in [0, 0.1) is 11.3 Å². The first-order valence-corrected chi connectivity index (χ1v) is 7.92. The molecule has 1 N–H and O–H groups in total. The van der Waals surface area contributed by atoms with Crippen LogP contribution < -0.4 is 5.32 Å². The minimum absolute atomic E-state index is 0.466. The van der Waals surface area contributed by atoms with Gasteiger partial charge in [-0.25, -0.2) is 0 Å². The van der Waals surface area contributed by atoms with Crippen LogP contribution in [-0.4, -0.2) is 37.6 Å². The van der Waals surface area contributed by atoms with Crippen LogP contribution in [0.4, 0.5) is 0 Å². The Morgan fingerprint density at radius 2 is 1.78 bits per heavy atom. The highest BCUT2D eigenvalue weighted by molar-refractivity contribution is 4.94. The van der Waals surface area contributed by atoms with Crippen molar-refractivity contribution in [1.82, 2.24) is 10.2 Å². The van der Waals surface area contributed by atoms with Gasteiger partial charge in [0.05, 0.1) is 0 Å². The molecule has 2 unspecified atom stereocenters. The van der Waals surface area contributed by atoms with E-state index in [4.69, 9.17) is 0 Å². The van der Waals surface area contributed by atoms with E-state index in [2.05, 4.69) is 38.2 Å². The summed E-state index contributed by atoms with van der Waals surface area (Å²) < 4.78 is 0. The SMILES string of the molecule is CNC1C(CN(C)C2CCCC2)CCCC1(C)C. The van der Waals surface area contributed by atoms with E-state index in [1.165, 1.54) is 51.5 Å². The molecule has 0 spiro atoms. The third-order valence-corrected chi connectivity index (χ3v) is 5.49. The maximum Gasteiger partial charge on any atom is 0.0156 e. The van der Waals surface area contributed by atoms with Crippen molar-refractivity contribution in [3.05, 3.63) is 0 Å². The van der Waals surface area contributed by atoms with E-state index in [1.807, 2.05) is 0 Å². The molecule has 0 bridgehead atoms. The van der Waals surface area contributed by atoms with Crippen LogP contribution in [0.25, 0.3) is 0 Å². The van der Waals surface area contributed by atoms with Crippen molar-refractivity contribution in [2.45, 2.75) is 70.9 Å². The molecular weight excluding hydrogens is 220 g/mol. The smallest absolute Gasteiger partial charge is 0.0156 e. The molecule has 0 aromatic rings. The van der Waals surface area contributed by atoms with Gasteiger partial charge < -0.3 is 10.2 Å². The van der Waals surface area contributed by atoms with Crippen molar-refractivity contribution >= 4 is 0 Å². The minimum Gasteiger partial charge on any atom is -0.316 e. The molecule has 0 heterocycles. The third-order valence-electron chi connectivity index (χ3n) is 5.49. The summed E-state index contributed by atoms with van der Waals surface area (Å²) in [6, 6.07) is 1.56. The Balaban J connectivity index is 1.93. The predicted molar refractivity (Wildman–Crippen MR) is 78.9 cm³/mol. The van der Waals surface area contributed by atoms with Crippen LogP contribution in [0.1, 0.15) is 58.8 Å². The lowest BCUT2D eigenvalue weighted by Gasteiger charge is -2.45. The second-order valence-corrected chi connectivity index (χ2v) is 7.29. The Morgan fingerprint density at radius 3 is 2.39 bits per heavy atom. The van der Waals surface area contributed by atoms with E-state index in [-0.39, 0.29) is 0 Å². The Morgan fingerprint density at radius 1 is 1.11 bits per heavy atom. The standard InChI is InChI=1S/C16H32N2/c1-16(2)11-7-8-13(15(16)17-3)12-18(4)14-9-5-6-10-14/h13-15,17H,5-12H2,1-4H3. The van der Waals surface area contributed by atoms with Gasteiger partial charge in [-0.1, -0.05) is 33.1 Å². The lowest BCUT2D eigenvalue weighted by molar-refractivity contribution is 0.0794. The minimum atomic E-state index is 0.466. The van der Waals surface area contributed by atoms with Crippen LogP contribution in [0.15, 0.2) is 0 Å². The molecule has 2 saturated carbocycles. The molecule has 106 valence electrons. The molecule has 2 rings (SSSR count). The van der Waals surface area contributed by atoms with Gasteiger partial charge in [-0.3, -0.25) is 0 Å². The molecule has 0 aromatic carbocycles. The fraction of sp³-hybridized carbons (Fsp3) is 1.00. The van der Waals surface area contributed by atoms with Crippen molar-refractivity contribution < 1.29 is 0 Å². The Kier molecular flexibility index (Phi) is 4.71. The topological polar surface area (TPSA) is 15.3 Å². The van der Waals surface area contributed by atoms with E-state index in [1.54, 1.807) is 0 Å². The van der Waals surface area contributed by atoms with Gasteiger partial charge in [0, 0.05) is 18.6 Å². The molecule has 2 atom stereocenters. The van der Waals surface area contributed by atoms with Gasteiger partial charge in [-0.05, 0) is 51.1 Å². The summed E-state index contributed by atoms with van der Waals surface area (Å²) in [4.78, 5) is 2.66. The molecule has 18 heavy (non-hydrogen) atoms. The fourth-order valence-electron chi connectivity index (χ4n) is 4.47. The largest absolute Gasteiger partial charge is 0.316 e. The Bertz CT molecular complexity index is 256. The molecule has 2 heteroatoms. The molecule has 2 aliphatic rings. The highest BCUT2D eigenvalue weighted by Gasteiger charge is 2.38. The van der Waals surface area contributed by atoms with Gasteiger partial charge in [-0.15, -0.1) is 0 Å². The highest BCUT2D eigenvalue weighted by atomic mass is 15.1. The first-order chi connectivity index (χ1) is 8.54. The number of nitrogens with zero attached hydrogens (tertiary/aromatic N) is 1. The van der Waals surface area contributed by atoms with Gasteiger partial charge in [0.25, 0.3) is 0 Å². The summed E-state index contributed by atoms with van der Waals surface area (Å²) >= 11 is 0. The van der Waals surface area contributed by atoms with E-state index >= 15 is 0 Å². The van der Waals surface area contributed by atoms with Crippen molar-refractivity contribution in [2.75, 3.05) is 20.6 Å². The van der Waals surface area contributed by atoms with Crippen LogP contribution in [-0.2, 0) is 0 Å². The van der Waals surface area contributed by atoms with Gasteiger partial charge in [0.2, 0.25) is 0 Å². The average Bonchev–Trinajstić information content (AvgIpc) is 2.81. The van der Waals surface area contributed by atoms with Crippen molar-refractivity contribution in [3.8, 4) is 0 Å². The molecule has 2 fully saturated rings. The number of hydrogen-bond acceptors (Lipinski definition) is 2. The number of nitrogens with one attached hydrogen (secondary N) is 1. The summed E-state index contributed by atoms with van der Waals surface area (Å²) in [6.45, 7) is 6.17. The van der Waals surface area contributed by atoms with Crippen molar-refractivity contribution in [2.24, 2.45) is 11.3 Å². The maximum atomic E-state index is 3.61. The normalized spacial score (nSPS) is 33.2. The summed E-state index contributed by atoms with van der Waals surface area (Å²) in [5.41, 5.74) is 0.466. The molecular formula is C16H32N2. The van der Waals surface area contributed by atoms with Gasteiger partial charge in [0.1, 0.15) is 0 Å². The Labute approximate surface area is 114 Å². The van der Waals surface area contributed by atoms with E-state index in [0.717, 1.165) is 12.0 Å². The zero-order valence-electron chi connectivity index (χ0n) is 12.8. The lowest BCUT2D eigenvalue weighted by Crippen LogP contribution is -2.52. The Hall–Kier alpha value is -0.0800. The zero-order valence-corrected chi connectivity index (χ0v) is 12.8. The fourth-order valence-corrected chi connectivity index (χ4v) is 4.47. The van der Waals surface area contributed by atoms with E-state index in [0.29, 0.717) is 11.5 Å². The van der Waals surface area contributed by atoms with Crippen LogP contribution in [0.2, 0.25) is 0 Å².